The van der Waals surface area contributed by atoms with Crippen LogP contribution in [0.4, 0.5) is 13.2 Å². The topological polar surface area (TPSA) is 26.0 Å². The van der Waals surface area contributed by atoms with Gasteiger partial charge in [-0.2, -0.15) is 0 Å². The standard InChI is InChI=1S/C8H14F3N/c9-6-5-7(12)1-3-8(10,11)4-2-7/h1-6,12H2. The second-order valence-corrected chi connectivity index (χ2v) is 3.66. The molecule has 2 N–H and O–H groups in total. The third kappa shape index (κ3) is 2.37. The summed E-state index contributed by atoms with van der Waals surface area (Å²) < 4.78 is 37.2. The zero-order valence-corrected chi connectivity index (χ0v) is 6.95. The van der Waals surface area contributed by atoms with E-state index < -0.39 is 18.1 Å². The second-order valence-electron chi connectivity index (χ2n) is 3.66. The molecular formula is C8H14F3N. The highest BCUT2D eigenvalue weighted by Crippen LogP contribution is 2.38. The third-order valence-corrected chi connectivity index (χ3v) is 2.57. The van der Waals surface area contributed by atoms with Gasteiger partial charge < -0.3 is 5.73 Å². The SMILES string of the molecule is NC1(CCF)CCC(F)(F)CC1. The van der Waals surface area contributed by atoms with Gasteiger partial charge in [-0.25, -0.2) is 8.78 Å². The molecule has 0 heterocycles. The van der Waals surface area contributed by atoms with Crippen molar-refractivity contribution in [3.05, 3.63) is 0 Å². The maximum absolute atomic E-state index is 12.6. The van der Waals surface area contributed by atoms with Gasteiger partial charge in [0.2, 0.25) is 5.92 Å². The number of nitrogens with two attached hydrogens (primary N) is 1. The molecule has 1 saturated carbocycles. The molecule has 1 rings (SSSR count). The first kappa shape index (κ1) is 9.84. The van der Waals surface area contributed by atoms with Crippen molar-refractivity contribution in [2.75, 3.05) is 6.67 Å². The fourth-order valence-corrected chi connectivity index (χ4v) is 1.55. The predicted molar refractivity (Wildman–Crippen MR) is 40.9 cm³/mol. The van der Waals surface area contributed by atoms with Gasteiger partial charge in [0, 0.05) is 18.4 Å². The van der Waals surface area contributed by atoms with Crippen molar-refractivity contribution in [1.82, 2.24) is 0 Å². The summed E-state index contributed by atoms with van der Waals surface area (Å²) >= 11 is 0. The molecule has 1 fully saturated rings. The lowest BCUT2D eigenvalue weighted by atomic mass is 9.79. The molecule has 0 aliphatic heterocycles. The summed E-state index contributed by atoms with van der Waals surface area (Å²) in [5.41, 5.74) is 5.05. The maximum Gasteiger partial charge on any atom is 0.248 e. The van der Waals surface area contributed by atoms with Crippen LogP contribution in [0.3, 0.4) is 0 Å². The summed E-state index contributed by atoms with van der Waals surface area (Å²) in [6.45, 7) is -0.512. The maximum atomic E-state index is 12.6. The fraction of sp³-hybridized carbons (Fsp3) is 1.00. The van der Waals surface area contributed by atoms with E-state index in [-0.39, 0.29) is 32.1 Å². The van der Waals surface area contributed by atoms with Crippen molar-refractivity contribution in [2.45, 2.75) is 43.6 Å². The molecule has 0 aromatic rings. The predicted octanol–water partition coefficient (Wildman–Crippen LogP) is 2.25. The van der Waals surface area contributed by atoms with E-state index in [0.717, 1.165) is 0 Å². The molecule has 0 bridgehead atoms. The monoisotopic (exact) mass is 181 g/mol. The van der Waals surface area contributed by atoms with E-state index in [1.807, 2.05) is 0 Å². The summed E-state index contributed by atoms with van der Waals surface area (Å²) in [7, 11) is 0. The van der Waals surface area contributed by atoms with E-state index in [2.05, 4.69) is 0 Å². The second kappa shape index (κ2) is 3.24. The normalized spacial score (nSPS) is 27.0. The lowest BCUT2D eigenvalue weighted by Crippen LogP contribution is -2.46. The lowest BCUT2D eigenvalue weighted by molar-refractivity contribution is -0.0521. The Balaban J connectivity index is 2.44. The quantitative estimate of drug-likeness (QED) is 0.694. The van der Waals surface area contributed by atoms with E-state index in [9.17, 15) is 13.2 Å². The van der Waals surface area contributed by atoms with Crippen molar-refractivity contribution in [2.24, 2.45) is 5.73 Å². The minimum Gasteiger partial charge on any atom is -0.325 e. The summed E-state index contributed by atoms with van der Waals surface area (Å²) in [5, 5.41) is 0. The average Bonchev–Trinajstić information content (AvgIpc) is 1.98. The Morgan fingerprint density at radius 2 is 1.58 bits per heavy atom. The summed E-state index contributed by atoms with van der Waals surface area (Å²) in [4.78, 5) is 0. The smallest absolute Gasteiger partial charge is 0.248 e. The third-order valence-electron chi connectivity index (χ3n) is 2.57. The van der Waals surface area contributed by atoms with Crippen molar-refractivity contribution in [3.8, 4) is 0 Å². The van der Waals surface area contributed by atoms with Crippen LogP contribution in [0.25, 0.3) is 0 Å². The summed E-state index contributed by atoms with van der Waals surface area (Å²) in [5.74, 6) is -2.57. The molecule has 0 unspecified atom stereocenters. The molecule has 0 radical (unpaired) electrons. The Morgan fingerprint density at radius 3 is 2.00 bits per heavy atom. The van der Waals surface area contributed by atoms with E-state index in [1.165, 1.54) is 0 Å². The first-order valence-electron chi connectivity index (χ1n) is 4.20. The van der Waals surface area contributed by atoms with Gasteiger partial charge in [-0.05, 0) is 19.3 Å². The van der Waals surface area contributed by atoms with Crippen LogP contribution in [-0.4, -0.2) is 18.1 Å². The molecule has 0 aromatic carbocycles. The number of hydrogen-bond donors (Lipinski definition) is 1. The van der Waals surface area contributed by atoms with Crippen LogP contribution in [0.1, 0.15) is 32.1 Å². The largest absolute Gasteiger partial charge is 0.325 e. The zero-order chi connectivity index (χ0) is 9.24. The van der Waals surface area contributed by atoms with Gasteiger partial charge in [-0.3, -0.25) is 4.39 Å². The molecule has 12 heavy (non-hydrogen) atoms. The van der Waals surface area contributed by atoms with Gasteiger partial charge in [0.05, 0.1) is 6.67 Å². The van der Waals surface area contributed by atoms with Crippen LogP contribution in [0.5, 0.6) is 0 Å². The van der Waals surface area contributed by atoms with Crippen LogP contribution >= 0.6 is 0 Å². The highest BCUT2D eigenvalue weighted by molar-refractivity contribution is 4.92. The molecule has 0 amide bonds. The minimum atomic E-state index is -2.57. The summed E-state index contributed by atoms with van der Waals surface area (Å²) in [6.07, 6.45) is 0.309. The van der Waals surface area contributed by atoms with E-state index >= 15 is 0 Å². The Morgan fingerprint density at radius 1 is 1.08 bits per heavy atom. The van der Waals surface area contributed by atoms with Crippen LogP contribution in [-0.2, 0) is 0 Å². The first-order valence-corrected chi connectivity index (χ1v) is 4.20. The van der Waals surface area contributed by atoms with Crippen molar-refractivity contribution in [1.29, 1.82) is 0 Å². The van der Waals surface area contributed by atoms with Gasteiger partial charge in [0.15, 0.2) is 0 Å². The average molecular weight is 181 g/mol. The van der Waals surface area contributed by atoms with Crippen LogP contribution < -0.4 is 5.73 Å². The van der Waals surface area contributed by atoms with Crippen molar-refractivity contribution in [3.63, 3.8) is 0 Å². The molecule has 4 heteroatoms. The molecule has 72 valence electrons. The molecule has 1 aliphatic rings. The first-order chi connectivity index (χ1) is 5.47. The van der Waals surface area contributed by atoms with Gasteiger partial charge in [0.25, 0.3) is 0 Å². The van der Waals surface area contributed by atoms with Gasteiger partial charge in [-0.1, -0.05) is 0 Å². The Bertz CT molecular complexity index is 148. The zero-order valence-electron chi connectivity index (χ0n) is 6.95. The number of alkyl halides is 3. The number of rotatable bonds is 2. The fourth-order valence-electron chi connectivity index (χ4n) is 1.55. The van der Waals surface area contributed by atoms with E-state index in [0.29, 0.717) is 0 Å². The van der Waals surface area contributed by atoms with Crippen molar-refractivity contribution >= 4 is 0 Å². The van der Waals surface area contributed by atoms with Crippen LogP contribution in [0, 0.1) is 0 Å². The van der Waals surface area contributed by atoms with E-state index in [1.54, 1.807) is 0 Å². The lowest BCUT2D eigenvalue weighted by Gasteiger charge is -2.36. The molecule has 0 saturated heterocycles. The molecule has 0 atom stereocenters. The van der Waals surface area contributed by atoms with Crippen LogP contribution in [0.15, 0.2) is 0 Å². The highest BCUT2D eigenvalue weighted by Gasteiger charge is 2.40. The molecular weight excluding hydrogens is 167 g/mol. The number of halogens is 3. The Labute approximate surface area is 70.1 Å². The Hall–Kier alpha value is -0.250. The number of hydrogen-bond acceptors (Lipinski definition) is 1. The molecule has 0 aromatic heterocycles. The van der Waals surface area contributed by atoms with Crippen molar-refractivity contribution < 1.29 is 13.2 Å². The van der Waals surface area contributed by atoms with Gasteiger partial charge in [-0.15, -0.1) is 0 Å². The minimum absolute atomic E-state index is 0.191. The Kier molecular flexibility index (Phi) is 2.66. The molecule has 1 nitrogen and oxygen atoms in total. The van der Waals surface area contributed by atoms with Gasteiger partial charge in [0.1, 0.15) is 0 Å². The summed E-state index contributed by atoms with van der Waals surface area (Å²) in [6, 6.07) is 0. The van der Waals surface area contributed by atoms with Gasteiger partial charge >= 0.3 is 0 Å². The molecule has 0 spiro atoms. The van der Waals surface area contributed by atoms with Crippen LogP contribution in [0.2, 0.25) is 0 Å². The van der Waals surface area contributed by atoms with E-state index in [4.69, 9.17) is 5.73 Å². The highest BCUT2D eigenvalue weighted by atomic mass is 19.3. The molecule has 1 aliphatic carbocycles.